The smallest absolute Gasteiger partial charge is 0.408 e. The summed E-state index contributed by atoms with van der Waals surface area (Å²) < 4.78 is 5.41. The van der Waals surface area contributed by atoms with Gasteiger partial charge in [0.1, 0.15) is 17.7 Å². The Morgan fingerprint density at radius 2 is 1.72 bits per heavy atom. The highest BCUT2D eigenvalue weighted by molar-refractivity contribution is 5.94. The third-order valence-corrected chi connectivity index (χ3v) is 6.80. The Morgan fingerprint density at radius 1 is 1.14 bits per heavy atom. The Bertz CT molecular complexity index is 949. The van der Waals surface area contributed by atoms with Gasteiger partial charge in [0.2, 0.25) is 5.91 Å². The second-order valence-electron chi connectivity index (χ2n) is 10.9. The zero-order chi connectivity index (χ0) is 27.0. The third-order valence-electron chi connectivity index (χ3n) is 6.80. The highest BCUT2D eigenvalue weighted by Crippen LogP contribution is 2.30. The molecule has 7 heteroatoms. The van der Waals surface area contributed by atoms with E-state index in [4.69, 9.17) is 11.2 Å². The van der Waals surface area contributed by atoms with Crippen LogP contribution in [-0.2, 0) is 14.3 Å². The predicted molar refractivity (Wildman–Crippen MR) is 142 cm³/mol. The summed E-state index contributed by atoms with van der Waals surface area (Å²) in [6, 6.07) is 6.31. The summed E-state index contributed by atoms with van der Waals surface area (Å²) in [5, 5.41) is 5.87. The van der Waals surface area contributed by atoms with E-state index in [1.54, 1.807) is 20.8 Å². The molecule has 1 aromatic carbocycles. The number of hydrogen-bond donors (Lipinski definition) is 2. The van der Waals surface area contributed by atoms with Gasteiger partial charge < -0.3 is 15.4 Å². The largest absolute Gasteiger partial charge is 0.444 e. The minimum absolute atomic E-state index is 0.0538. The molecule has 0 aliphatic heterocycles. The van der Waals surface area contributed by atoms with Gasteiger partial charge >= 0.3 is 6.09 Å². The third kappa shape index (κ3) is 7.74. The number of alkyl carbamates (subject to hydrolysis) is 1. The summed E-state index contributed by atoms with van der Waals surface area (Å²) in [4.78, 5) is 41.5. The van der Waals surface area contributed by atoms with Gasteiger partial charge in [0.15, 0.2) is 0 Å². The fourth-order valence-electron chi connectivity index (χ4n) is 4.70. The van der Waals surface area contributed by atoms with Gasteiger partial charge in [-0.1, -0.05) is 64.2 Å². The van der Waals surface area contributed by atoms with Crippen LogP contribution in [0.3, 0.4) is 0 Å². The Morgan fingerprint density at radius 3 is 2.22 bits per heavy atom. The molecule has 1 fully saturated rings. The topological polar surface area (TPSA) is 87.7 Å². The number of nitrogens with one attached hydrogen (secondary N) is 2. The first kappa shape index (κ1) is 29.2. The van der Waals surface area contributed by atoms with E-state index < -0.39 is 29.7 Å². The van der Waals surface area contributed by atoms with Crippen molar-refractivity contribution in [1.82, 2.24) is 15.5 Å². The number of nitrogens with zero attached hydrogens (tertiary/aromatic N) is 1. The molecule has 1 saturated carbocycles. The van der Waals surface area contributed by atoms with Crippen LogP contribution in [0.25, 0.3) is 0 Å². The van der Waals surface area contributed by atoms with Crippen LogP contribution in [0.5, 0.6) is 0 Å². The maximum absolute atomic E-state index is 13.9. The zero-order valence-electron chi connectivity index (χ0n) is 22.9. The summed E-state index contributed by atoms with van der Waals surface area (Å²) in [6.45, 7) is 12.9. The number of rotatable bonds is 8. The molecule has 36 heavy (non-hydrogen) atoms. The van der Waals surface area contributed by atoms with Gasteiger partial charge in [-0.15, -0.1) is 0 Å². The molecule has 1 aliphatic carbocycles. The molecule has 0 saturated heterocycles. The van der Waals surface area contributed by atoms with E-state index in [0.29, 0.717) is 12.0 Å². The van der Waals surface area contributed by atoms with Gasteiger partial charge in [0.05, 0.1) is 0 Å². The highest BCUT2D eigenvalue weighted by Gasteiger charge is 2.39. The Labute approximate surface area is 216 Å². The van der Waals surface area contributed by atoms with E-state index in [-0.39, 0.29) is 17.9 Å². The summed E-state index contributed by atoms with van der Waals surface area (Å²) in [5.41, 5.74) is 1.72. The highest BCUT2D eigenvalue weighted by atomic mass is 16.6. The summed E-state index contributed by atoms with van der Waals surface area (Å²) in [7, 11) is 0. The van der Waals surface area contributed by atoms with Crippen molar-refractivity contribution in [3.05, 3.63) is 34.9 Å². The fourth-order valence-corrected chi connectivity index (χ4v) is 4.70. The average molecular weight is 498 g/mol. The molecule has 2 N–H and O–H groups in total. The SMILES string of the molecule is C#CN(C(=O)C(NC(=O)OC(C)(C)C)C(C)CC)C(C(=O)NC1CCCCC1)c1c(C)cccc1C. The van der Waals surface area contributed by atoms with E-state index >= 15 is 0 Å². The Balaban J connectivity index is 2.47. The maximum Gasteiger partial charge on any atom is 0.408 e. The lowest BCUT2D eigenvalue weighted by Crippen LogP contribution is -2.54. The van der Waals surface area contributed by atoms with Crippen LogP contribution in [0.2, 0.25) is 0 Å². The van der Waals surface area contributed by atoms with Crippen molar-refractivity contribution >= 4 is 17.9 Å². The molecular formula is C29H43N3O4. The number of carbonyl (C=O) groups excluding carboxylic acids is 3. The fraction of sp³-hybridized carbons (Fsp3) is 0.621. The molecule has 3 atom stereocenters. The number of benzene rings is 1. The van der Waals surface area contributed by atoms with Gasteiger partial charge in [-0.3, -0.25) is 14.5 Å². The minimum Gasteiger partial charge on any atom is -0.444 e. The lowest BCUT2D eigenvalue weighted by Gasteiger charge is -2.34. The van der Waals surface area contributed by atoms with Gasteiger partial charge in [-0.05, 0) is 70.1 Å². The van der Waals surface area contributed by atoms with E-state index in [2.05, 4.69) is 16.7 Å². The van der Waals surface area contributed by atoms with Crippen LogP contribution in [0.1, 0.15) is 95.9 Å². The van der Waals surface area contributed by atoms with E-state index in [1.807, 2.05) is 45.9 Å². The molecule has 0 aromatic heterocycles. The molecule has 2 rings (SSSR count). The maximum atomic E-state index is 13.9. The van der Waals surface area contributed by atoms with Crippen molar-refractivity contribution in [1.29, 1.82) is 0 Å². The number of amides is 3. The van der Waals surface area contributed by atoms with Crippen molar-refractivity contribution in [2.75, 3.05) is 0 Å². The van der Waals surface area contributed by atoms with Gasteiger partial charge in [0.25, 0.3) is 5.91 Å². The van der Waals surface area contributed by atoms with E-state index in [0.717, 1.165) is 48.1 Å². The molecule has 0 heterocycles. The van der Waals surface area contributed by atoms with Crippen molar-refractivity contribution in [3.63, 3.8) is 0 Å². The average Bonchev–Trinajstić information content (AvgIpc) is 2.80. The van der Waals surface area contributed by atoms with E-state index in [1.165, 1.54) is 0 Å². The van der Waals surface area contributed by atoms with Crippen LogP contribution in [0, 0.1) is 32.2 Å². The van der Waals surface area contributed by atoms with Crippen molar-refractivity contribution in [3.8, 4) is 12.5 Å². The molecule has 1 aromatic rings. The van der Waals surface area contributed by atoms with E-state index in [9.17, 15) is 14.4 Å². The second kappa shape index (κ2) is 12.8. The first-order valence-electron chi connectivity index (χ1n) is 13.0. The number of ether oxygens (including phenoxy) is 1. The zero-order valence-corrected chi connectivity index (χ0v) is 22.9. The molecule has 198 valence electrons. The molecule has 0 spiro atoms. The second-order valence-corrected chi connectivity index (χ2v) is 10.9. The van der Waals surface area contributed by atoms with Crippen LogP contribution in [0.4, 0.5) is 4.79 Å². The molecular weight excluding hydrogens is 454 g/mol. The van der Waals surface area contributed by atoms with Crippen LogP contribution in [-0.4, -0.2) is 40.5 Å². The summed E-state index contributed by atoms with van der Waals surface area (Å²) >= 11 is 0. The molecule has 3 amide bonds. The molecule has 7 nitrogen and oxygen atoms in total. The monoisotopic (exact) mass is 497 g/mol. The Hall–Kier alpha value is -3.01. The van der Waals surface area contributed by atoms with Crippen LogP contribution in [0.15, 0.2) is 18.2 Å². The molecule has 3 unspecified atom stereocenters. The minimum atomic E-state index is -1.02. The number of terminal acetylenes is 1. The first-order chi connectivity index (χ1) is 16.9. The number of carbonyl (C=O) groups is 3. The quantitative estimate of drug-likeness (QED) is 0.384. The number of hydrogen-bond acceptors (Lipinski definition) is 4. The van der Waals surface area contributed by atoms with Gasteiger partial charge in [-0.25, -0.2) is 4.79 Å². The van der Waals surface area contributed by atoms with Crippen LogP contribution < -0.4 is 10.6 Å². The Kier molecular flexibility index (Phi) is 10.4. The molecule has 0 radical (unpaired) electrons. The normalized spacial score (nSPS) is 16.7. The lowest BCUT2D eigenvalue weighted by molar-refractivity contribution is -0.139. The number of aryl methyl sites for hydroxylation is 2. The summed E-state index contributed by atoms with van der Waals surface area (Å²) in [5.74, 6) is -1.05. The molecule has 1 aliphatic rings. The van der Waals surface area contributed by atoms with Gasteiger partial charge in [-0.2, -0.15) is 0 Å². The van der Waals surface area contributed by atoms with Crippen molar-refractivity contribution in [2.24, 2.45) is 5.92 Å². The van der Waals surface area contributed by atoms with Crippen molar-refractivity contribution in [2.45, 2.75) is 111 Å². The van der Waals surface area contributed by atoms with Gasteiger partial charge in [0, 0.05) is 12.1 Å². The van der Waals surface area contributed by atoms with Crippen LogP contribution >= 0.6 is 0 Å². The van der Waals surface area contributed by atoms with Crippen molar-refractivity contribution < 1.29 is 19.1 Å². The molecule has 0 bridgehead atoms. The predicted octanol–water partition coefficient (Wildman–Crippen LogP) is 5.15. The first-order valence-corrected chi connectivity index (χ1v) is 13.0. The lowest BCUT2D eigenvalue weighted by atomic mass is 9.91. The summed E-state index contributed by atoms with van der Waals surface area (Å²) in [6.07, 6.45) is 10.9. The standard InChI is InChI=1S/C29H43N3O4/c1-9-19(3)24(31-28(35)36-29(6,7)8)27(34)32(10-2)25(23-20(4)15-14-16-21(23)5)26(33)30-22-17-12-11-13-18-22/h2,14-16,19,22,24-25H,9,11-13,17-18H2,1,3-8H3,(H,30,33)(H,31,35).